The number of hydrogen-bond acceptors (Lipinski definition) is 6. The lowest BCUT2D eigenvalue weighted by Gasteiger charge is -2.23. The maximum absolute atomic E-state index is 12.9. The van der Waals surface area contributed by atoms with Gasteiger partial charge in [-0.25, -0.2) is 9.97 Å². The zero-order valence-corrected chi connectivity index (χ0v) is 17.5. The fourth-order valence-corrected chi connectivity index (χ4v) is 3.56. The maximum atomic E-state index is 12.9. The Bertz CT molecular complexity index is 954. The molecule has 1 saturated heterocycles. The van der Waals surface area contributed by atoms with Crippen LogP contribution in [0.1, 0.15) is 43.7 Å². The van der Waals surface area contributed by atoms with Gasteiger partial charge in [0.1, 0.15) is 12.1 Å². The maximum Gasteiger partial charge on any atom is 0.287 e. The molecule has 166 valence electrons. The summed E-state index contributed by atoms with van der Waals surface area (Å²) in [5.41, 5.74) is 6.44. The smallest absolute Gasteiger partial charge is 0.287 e. The van der Waals surface area contributed by atoms with Gasteiger partial charge < -0.3 is 26.7 Å². The Labute approximate surface area is 179 Å². The molecule has 2 unspecified atom stereocenters. The zero-order valence-electron chi connectivity index (χ0n) is 17.5. The van der Waals surface area contributed by atoms with Crippen molar-refractivity contribution in [3.05, 3.63) is 24.2 Å². The molecule has 1 fully saturated rings. The van der Waals surface area contributed by atoms with Gasteiger partial charge >= 0.3 is 0 Å². The molecule has 2 aromatic rings. The number of primary amides is 1. The average Bonchev–Trinajstić information content (AvgIpc) is 3.32. The number of rotatable bonds is 9. The van der Waals surface area contributed by atoms with Crippen LogP contribution in [0.25, 0.3) is 11.2 Å². The predicted octanol–water partition coefficient (Wildman–Crippen LogP) is -0.401. The van der Waals surface area contributed by atoms with Crippen molar-refractivity contribution in [2.75, 3.05) is 6.54 Å². The first-order valence-corrected chi connectivity index (χ1v) is 10.2. The number of carbonyl (C=O) groups is 4. The normalized spacial score (nSPS) is 17.9. The minimum atomic E-state index is -1.01. The first-order valence-electron chi connectivity index (χ1n) is 10.2. The van der Waals surface area contributed by atoms with Gasteiger partial charge in [-0.05, 0) is 37.3 Å². The minimum Gasteiger partial charge on any atom is -0.368 e. The van der Waals surface area contributed by atoms with E-state index in [0.29, 0.717) is 30.6 Å². The molecule has 0 aromatic carbocycles. The summed E-state index contributed by atoms with van der Waals surface area (Å²) in [5.74, 6) is -2.27. The number of nitrogens with zero attached hydrogens (tertiary/aromatic N) is 2. The van der Waals surface area contributed by atoms with E-state index in [1.54, 1.807) is 18.3 Å². The Morgan fingerprint density at radius 1 is 1.26 bits per heavy atom. The fourth-order valence-electron chi connectivity index (χ4n) is 3.56. The summed E-state index contributed by atoms with van der Waals surface area (Å²) in [6, 6.07) is 1.53. The summed E-state index contributed by atoms with van der Waals surface area (Å²) in [6.45, 7) is 4.35. The number of pyridine rings is 1. The topological polar surface area (TPSA) is 172 Å². The number of aromatic nitrogens is 3. The highest BCUT2D eigenvalue weighted by atomic mass is 16.2. The third-order valence-corrected chi connectivity index (χ3v) is 5.14. The lowest BCUT2D eigenvalue weighted by Crippen LogP contribution is -2.54. The van der Waals surface area contributed by atoms with Crippen LogP contribution in [0.2, 0.25) is 0 Å². The third-order valence-electron chi connectivity index (χ3n) is 5.14. The molecule has 0 saturated carbocycles. The van der Waals surface area contributed by atoms with E-state index >= 15 is 0 Å². The molecule has 0 spiro atoms. The molecule has 0 aliphatic carbocycles. The van der Waals surface area contributed by atoms with Gasteiger partial charge in [0.05, 0.1) is 5.52 Å². The molecule has 0 radical (unpaired) electrons. The molecule has 4 amide bonds. The second-order valence-electron chi connectivity index (χ2n) is 8.09. The van der Waals surface area contributed by atoms with Crippen molar-refractivity contribution < 1.29 is 19.2 Å². The number of H-pyrrole nitrogens is 1. The van der Waals surface area contributed by atoms with Gasteiger partial charge in [0.2, 0.25) is 17.7 Å². The van der Waals surface area contributed by atoms with Crippen LogP contribution in [0.15, 0.2) is 18.3 Å². The standard InChI is InChI=1S/C20H27N7O4/c1-10(2)8-14(26-20(31)17-24-12-4-3-6-22-16(12)27-17)19(30)25-13(15(21)28)9-11-5-7-23-18(11)29/h3-4,6,10-11,13-14H,5,7-9H2,1-2H3,(H2,21,28)(H,23,29)(H,25,30)(H,26,31)(H,22,24,27)/t11-,13?,14?/m0/s1. The molecule has 1 aliphatic heterocycles. The summed E-state index contributed by atoms with van der Waals surface area (Å²) in [5, 5.41) is 7.96. The van der Waals surface area contributed by atoms with Gasteiger partial charge in [0, 0.05) is 18.7 Å². The fraction of sp³-hybridized carbons (Fsp3) is 0.500. The molecule has 0 bridgehead atoms. The summed E-state index contributed by atoms with van der Waals surface area (Å²) in [4.78, 5) is 60.4. The Morgan fingerprint density at radius 3 is 2.65 bits per heavy atom. The number of nitrogens with two attached hydrogens (primary N) is 1. The number of imidazole rings is 1. The summed E-state index contributed by atoms with van der Waals surface area (Å²) in [6.07, 6.45) is 2.59. The van der Waals surface area contributed by atoms with Crippen molar-refractivity contribution in [3.63, 3.8) is 0 Å². The number of amides is 4. The molecule has 3 heterocycles. The summed E-state index contributed by atoms with van der Waals surface area (Å²) < 4.78 is 0. The van der Waals surface area contributed by atoms with Crippen molar-refractivity contribution in [2.45, 2.75) is 45.2 Å². The van der Waals surface area contributed by atoms with E-state index in [-0.39, 0.29) is 30.0 Å². The van der Waals surface area contributed by atoms with Crippen molar-refractivity contribution in [2.24, 2.45) is 17.6 Å². The Hall–Kier alpha value is -3.50. The van der Waals surface area contributed by atoms with Crippen molar-refractivity contribution in [3.8, 4) is 0 Å². The first kappa shape index (κ1) is 22.2. The molecule has 2 aromatic heterocycles. The van der Waals surface area contributed by atoms with E-state index in [1.165, 1.54) is 0 Å². The van der Waals surface area contributed by atoms with Crippen LogP contribution in [-0.2, 0) is 14.4 Å². The molecular weight excluding hydrogens is 402 g/mol. The molecular formula is C20H27N7O4. The van der Waals surface area contributed by atoms with Crippen LogP contribution >= 0.6 is 0 Å². The summed E-state index contributed by atoms with van der Waals surface area (Å²) >= 11 is 0. The van der Waals surface area contributed by atoms with Gasteiger partial charge in [0.15, 0.2) is 11.5 Å². The molecule has 11 nitrogen and oxygen atoms in total. The van der Waals surface area contributed by atoms with E-state index in [4.69, 9.17) is 5.73 Å². The summed E-state index contributed by atoms with van der Waals surface area (Å²) in [7, 11) is 0. The monoisotopic (exact) mass is 429 g/mol. The van der Waals surface area contributed by atoms with Crippen LogP contribution < -0.4 is 21.7 Å². The largest absolute Gasteiger partial charge is 0.368 e. The Balaban J connectivity index is 1.70. The molecule has 31 heavy (non-hydrogen) atoms. The van der Waals surface area contributed by atoms with Crippen molar-refractivity contribution in [1.29, 1.82) is 0 Å². The van der Waals surface area contributed by atoms with E-state index < -0.39 is 29.8 Å². The second kappa shape index (κ2) is 9.54. The number of aromatic amines is 1. The van der Waals surface area contributed by atoms with Crippen LogP contribution in [0.5, 0.6) is 0 Å². The lowest BCUT2D eigenvalue weighted by molar-refractivity contribution is -0.130. The van der Waals surface area contributed by atoms with E-state index in [9.17, 15) is 19.2 Å². The van der Waals surface area contributed by atoms with Crippen LogP contribution in [0, 0.1) is 11.8 Å². The second-order valence-corrected chi connectivity index (χ2v) is 8.09. The van der Waals surface area contributed by atoms with Gasteiger partial charge in [-0.15, -0.1) is 0 Å². The SMILES string of the molecule is CC(C)CC(NC(=O)c1nc2ncccc2[nH]1)C(=O)NC(C[C@@H]1CCNC1=O)C(N)=O. The molecule has 6 N–H and O–H groups in total. The molecule has 1 aliphatic rings. The van der Waals surface area contributed by atoms with Gasteiger partial charge in [-0.1, -0.05) is 13.8 Å². The number of carbonyl (C=O) groups excluding carboxylic acids is 4. The number of hydrogen-bond donors (Lipinski definition) is 5. The minimum absolute atomic E-state index is 0.0318. The average molecular weight is 429 g/mol. The van der Waals surface area contributed by atoms with Gasteiger partial charge in [-0.2, -0.15) is 0 Å². The quantitative estimate of drug-likeness (QED) is 0.363. The number of nitrogens with one attached hydrogen (secondary N) is 4. The van der Waals surface area contributed by atoms with Crippen LogP contribution in [-0.4, -0.2) is 57.2 Å². The molecule has 3 atom stereocenters. The van der Waals surface area contributed by atoms with Crippen molar-refractivity contribution in [1.82, 2.24) is 30.9 Å². The third kappa shape index (κ3) is 5.56. The Morgan fingerprint density at radius 2 is 2.03 bits per heavy atom. The first-order chi connectivity index (χ1) is 14.7. The van der Waals surface area contributed by atoms with E-state index in [0.717, 1.165) is 0 Å². The lowest BCUT2D eigenvalue weighted by atomic mass is 9.97. The van der Waals surface area contributed by atoms with Crippen LogP contribution in [0.3, 0.4) is 0 Å². The predicted molar refractivity (Wildman–Crippen MR) is 111 cm³/mol. The highest BCUT2D eigenvalue weighted by molar-refractivity contribution is 5.97. The van der Waals surface area contributed by atoms with E-state index in [2.05, 4.69) is 30.9 Å². The number of fused-ring (bicyclic) bond motifs is 1. The molecule has 3 rings (SSSR count). The highest BCUT2D eigenvalue weighted by Crippen LogP contribution is 2.17. The highest BCUT2D eigenvalue weighted by Gasteiger charge is 2.32. The van der Waals surface area contributed by atoms with Gasteiger partial charge in [0.25, 0.3) is 5.91 Å². The van der Waals surface area contributed by atoms with Crippen molar-refractivity contribution >= 4 is 34.8 Å². The zero-order chi connectivity index (χ0) is 22.5. The molecule has 11 heteroatoms. The van der Waals surface area contributed by atoms with Crippen LogP contribution in [0.4, 0.5) is 0 Å². The Kier molecular flexibility index (Phi) is 6.83. The van der Waals surface area contributed by atoms with E-state index in [1.807, 2.05) is 13.8 Å². The van der Waals surface area contributed by atoms with Gasteiger partial charge in [-0.3, -0.25) is 19.2 Å².